The molecule has 0 aliphatic carbocycles. The van der Waals surface area contributed by atoms with Crippen LogP contribution in [0.2, 0.25) is 5.02 Å². The molecule has 3 aromatic rings. The van der Waals surface area contributed by atoms with Gasteiger partial charge in [-0.1, -0.05) is 23.7 Å². The number of carbonyl (C=O) groups is 2. The first-order valence-electron chi connectivity index (χ1n) is 9.76. The van der Waals surface area contributed by atoms with E-state index in [9.17, 15) is 9.59 Å². The quantitative estimate of drug-likeness (QED) is 0.411. The van der Waals surface area contributed by atoms with Gasteiger partial charge >= 0.3 is 0 Å². The van der Waals surface area contributed by atoms with E-state index in [1.54, 1.807) is 62.8 Å². The fourth-order valence-electron chi connectivity index (χ4n) is 2.88. The summed E-state index contributed by atoms with van der Waals surface area (Å²) in [5.41, 5.74) is 1.63. The highest BCUT2D eigenvalue weighted by atomic mass is 35.5. The number of carbonyl (C=O) groups excluding carboxylic acids is 2. The topological polar surface area (TPSA) is 76.7 Å². The minimum Gasteiger partial charge on any atom is -0.497 e. The Morgan fingerprint density at radius 2 is 1.72 bits per heavy atom. The lowest BCUT2D eigenvalue weighted by Crippen LogP contribution is -2.22. The van der Waals surface area contributed by atoms with E-state index in [-0.39, 0.29) is 11.8 Å². The molecule has 0 saturated carbocycles. The normalized spacial score (nSPS) is 11.4. The number of benzene rings is 3. The van der Waals surface area contributed by atoms with Gasteiger partial charge in [-0.15, -0.1) is 11.8 Å². The summed E-state index contributed by atoms with van der Waals surface area (Å²) in [5.74, 6) is 0.715. The van der Waals surface area contributed by atoms with E-state index in [4.69, 9.17) is 21.1 Å². The number of halogens is 1. The summed E-state index contributed by atoms with van der Waals surface area (Å²) in [5, 5.41) is 5.83. The van der Waals surface area contributed by atoms with Gasteiger partial charge in [0.05, 0.1) is 25.2 Å². The fourth-order valence-corrected chi connectivity index (χ4v) is 4.00. The van der Waals surface area contributed by atoms with Crippen LogP contribution < -0.4 is 20.1 Å². The molecule has 0 aliphatic rings. The SMILES string of the molecule is COc1ccc(OC)c(NC(=O)C(C)Sc2cccc(NC(=O)c3cccc(Cl)c3)c2)c1. The van der Waals surface area contributed by atoms with Crippen molar-refractivity contribution in [2.45, 2.75) is 17.1 Å². The molecule has 1 unspecified atom stereocenters. The predicted octanol–water partition coefficient (Wildman–Crippen LogP) is 5.73. The van der Waals surface area contributed by atoms with E-state index in [1.165, 1.54) is 11.8 Å². The number of amides is 2. The van der Waals surface area contributed by atoms with E-state index in [0.717, 1.165) is 4.90 Å². The lowest BCUT2D eigenvalue weighted by Gasteiger charge is -2.15. The molecule has 8 heteroatoms. The van der Waals surface area contributed by atoms with Crippen LogP contribution in [0.25, 0.3) is 0 Å². The first-order chi connectivity index (χ1) is 15.4. The van der Waals surface area contributed by atoms with Gasteiger partial charge in [-0.05, 0) is 55.5 Å². The van der Waals surface area contributed by atoms with Gasteiger partial charge < -0.3 is 20.1 Å². The van der Waals surface area contributed by atoms with Crippen molar-refractivity contribution in [3.8, 4) is 11.5 Å². The van der Waals surface area contributed by atoms with Crippen molar-refractivity contribution < 1.29 is 19.1 Å². The van der Waals surface area contributed by atoms with Crippen molar-refractivity contribution >= 4 is 46.6 Å². The van der Waals surface area contributed by atoms with Crippen molar-refractivity contribution in [2.75, 3.05) is 24.9 Å². The number of nitrogens with one attached hydrogen (secondary N) is 2. The molecule has 0 radical (unpaired) electrons. The summed E-state index contributed by atoms with van der Waals surface area (Å²) in [6, 6.07) is 19.3. The summed E-state index contributed by atoms with van der Waals surface area (Å²) >= 11 is 7.34. The van der Waals surface area contributed by atoms with Crippen LogP contribution in [0.1, 0.15) is 17.3 Å². The summed E-state index contributed by atoms with van der Waals surface area (Å²) in [4.78, 5) is 26.1. The Hall–Kier alpha value is -3.16. The Morgan fingerprint density at radius 3 is 2.44 bits per heavy atom. The van der Waals surface area contributed by atoms with Crippen LogP contribution in [0.15, 0.2) is 71.6 Å². The predicted molar refractivity (Wildman–Crippen MR) is 129 cm³/mol. The maximum atomic E-state index is 12.8. The van der Waals surface area contributed by atoms with E-state index in [2.05, 4.69) is 10.6 Å². The van der Waals surface area contributed by atoms with E-state index < -0.39 is 5.25 Å². The van der Waals surface area contributed by atoms with Gasteiger partial charge in [-0.2, -0.15) is 0 Å². The molecule has 0 aromatic heterocycles. The molecule has 1 atom stereocenters. The van der Waals surface area contributed by atoms with E-state index >= 15 is 0 Å². The van der Waals surface area contributed by atoms with Crippen LogP contribution in [-0.2, 0) is 4.79 Å². The van der Waals surface area contributed by atoms with Gasteiger partial charge in [0.1, 0.15) is 11.5 Å². The van der Waals surface area contributed by atoms with Gasteiger partial charge in [-0.25, -0.2) is 0 Å². The van der Waals surface area contributed by atoms with Crippen molar-refractivity contribution in [2.24, 2.45) is 0 Å². The highest BCUT2D eigenvalue weighted by molar-refractivity contribution is 8.00. The van der Waals surface area contributed by atoms with Crippen LogP contribution >= 0.6 is 23.4 Å². The Bertz CT molecular complexity index is 1120. The second-order valence-electron chi connectivity index (χ2n) is 6.81. The number of ether oxygens (including phenoxy) is 2. The average molecular weight is 471 g/mol. The highest BCUT2D eigenvalue weighted by Crippen LogP contribution is 2.31. The molecule has 3 rings (SSSR count). The molecule has 0 aliphatic heterocycles. The zero-order valence-corrected chi connectivity index (χ0v) is 19.4. The molecule has 0 saturated heterocycles. The number of hydrogen-bond acceptors (Lipinski definition) is 5. The monoisotopic (exact) mass is 470 g/mol. The van der Waals surface area contributed by atoms with Gasteiger partial charge in [0.2, 0.25) is 5.91 Å². The summed E-state index contributed by atoms with van der Waals surface area (Å²) in [6.07, 6.45) is 0. The molecular formula is C24H23ClN2O4S. The van der Waals surface area contributed by atoms with E-state index in [1.807, 2.05) is 25.1 Å². The Kier molecular flexibility index (Phi) is 8.03. The first kappa shape index (κ1) is 23.5. The Morgan fingerprint density at radius 1 is 0.938 bits per heavy atom. The summed E-state index contributed by atoms with van der Waals surface area (Å²) in [6.45, 7) is 1.81. The van der Waals surface area contributed by atoms with Gasteiger partial charge in [0.15, 0.2) is 0 Å². The first-order valence-corrected chi connectivity index (χ1v) is 11.0. The molecule has 32 heavy (non-hydrogen) atoms. The van der Waals surface area contributed by atoms with Crippen molar-refractivity contribution in [3.63, 3.8) is 0 Å². The van der Waals surface area contributed by atoms with Crippen LogP contribution in [0, 0.1) is 0 Å². The zero-order valence-electron chi connectivity index (χ0n) is 17.8. The molecule has 166 valence electrons. The third-order valence-corrected chi connectivity index (χ3v) is 5.85. The third-order valence-electron chi connectivity index (χ3n) is 4.53. The lowest BCUT2D eigenvalue weighted by atomic mass is 10.2. The molecule has 6 nitrogen and oxygen atoms in total. The number of methoxy groups -OCH3 is 2. The zero-order chi connectivity index (χ0) is 23.1. The van der Waals surface area contributed by atoms with E-state index in [0.29, 0.717) is 33.5 Å². The molecule has 2 amide bonds. The number of anilines is 2. The fraction of sp³-hybridized carbons (Fsp3) is 0.167. The Labute approximate surface area is 196 Å². The smallest absolute Gasteiger partial charge is 0.255 e. The second kappa shape index (κ2) is 10.9. The van der Waals surface area contributed by atoms with Gasteiger partial charge in [-0.3, -0.25) is 9.59 Å². The van der Waals surface area contributed by atoms with Crippen molar-refractivity contribution in [3.05, 3.63) is 77.3 Å². The second-order valence-corrected chi connectivity index (χ2v) is 8.66. The number of rotatable bonds is 8. The molecule has 0 fully saturated rings. The van der Waals surface area contributed by atoms with Crippen LogP contribution in [0.5, 0.6) is 11.5 Å². The van der Waals surface area contributed by atoms with Crippen molar-refractivity contribution in [1.82, 2.24) is 0 Å². The lowest BCUT2D eigenvalue weighted by molar-refractivity contribution is -0.115. The maximum absolute atomic E-state index is 12.8. The molecule has 0 spiro atoms. The average Bonchev–Trinajstić information content (AvgIpc) is 2.79. The molecular weight excluding hydrogens is 448 g/mol. The molecule has 2 N–H and O–H groups in total. The highest BCUT2D eigenvalue weighted by Gasteiger charge is 2.17. The maximum Gasteiger partial charge on any atom is 0.255 e. The van der Waals surface area contributed by atoms with Gasteiger partial charge in [0, 0.05) is 27.2 Å². The third kappa shape index (κ3) is 6.18. The molecule has 0 bridgehead atoms. The van der Waals surface area contributed by atoms with Crippen molar-refractivity contribution in [1.29, 1.82) is 0 Å². The van der Waals surface area contributed by atoms with Crippen LogP contribution in [0.3, 0.4) is 0 Å². The largest absolute Gasteiger partial charge is 0.497 e. The minimum atomic E-state index is -0.398. The van der Waals surface area contributed by atoms with Gasteiger partial charge in [0.25, 0.3) is 5.91 Å². The number of thioether (sulfide) groups is 1. The summed E-state index contributed by atoms with van der Waals surface area (Å²) in [7, 11) is 3.10. The molecule has 0 heterocycles. The Balaban J connectivity index is 1.66. The van der Waals surface area contributed by atoms with Crippen LogP contribution in [0.4, 0.5) is 11.4 Å². The summed E-state index contributed by atoms with van der Waals surface area (Å²) < 4.78 is 10.5. The van der Waals surface area contributed by atoms with Crippen LogP contribution in [-0.4, -0.2) is 31.3 Å². The molecule has 3 aromatic carbocycles. The standard InChI is InChI=1S/C24H23ClN2O4S/c1-15(23(28)27-21-14-19(30-2)10-11-22(21)31-3)32-20-9-5-8-18(13-20)26-24(29)16-6-4-7-17(25)12-16/h4-15H,1-3H3,(H,26,29)(H,27,28). The minimum absolute atomic E-state index is 0.185. The number of hydrogen-bond donors (Lipinski definition) is 2.